The van der Waals surface area contributed by atoms with Crippen LogP contribution < -0.4 is 11.1 Å². The Bertz CT molecular complexity index is 428. The van der Waals surface area contributed by atoms with Crippen molar-refractivity contribution >= 4 is 34.8 Å². The van der Waals surface area contributed by atoms with Crippen LogP contribution in [0.25, 0.3) is 0 Å². The van der Waals surface area contributed by atoms with Crippen LogP contribution in [-0.2, 0) is 0 Å². The fourth-order valence-electron chi connectivity index (χ4n) is 2.09. The highest BCUT2D eigenvalue weighted by Gasteiger charge is 2.13. The van der Waals surface area contributed by atoms with Crippen LogP contribution in [0.2, 0.25) is 0 Å². The fraction of sp³-hybridized carbons (Fsp3) is 0.538. The van der Waals surface area contributed by atoms with Gasteiger partial charge < -0.3 is 11.1 Å². The van der Waals surface area contributed by atoms with Crippen LogP contribution in [0.1, 0.15) is 30.5 Å². The molecule has 3 N–H and O–H groups in total. The number of nitrogens with one attached hydrogen (secondary N) is 1. The van der Waals surface area contributed by atoms with E-state index in [9.17, 15) is 0 Å². The molecule has 2 rings (SSSR count). The molecule has 0 aromatic carbocycles. The van der Waals surface area contributed by atoms with Crippen molar-refractivity contribution in [3.05, 3.63) is 23.4 Å². The van der Waals surface area contributed by atoms with Crippen molar-refractivity contribution in [2.24, 2.45) is 5.73 Å². The van der Waals surface area contributed by atoms with Gasteiger partial charge in [0.15, 0.2) is 0 Å². The van der Waals surface area contributed by atoms with Gasteiger partial charge in [-0.1, -0.05) is 18.6 Å². The molecule has 0 bridgehead atoms. The maximum absolute atomic E-state index is 5.66. The molecule has 1 unspecified atom stereocenters. The lowest BCUT2D eigenvalue weighted by Gasteiger charge is -2.21. The topological polar surface area (TPSA) is 50.9 Å². The first-order valence-electron chi connectivity index (χ1n) is 6.29. The van der Waals surface area contributed by atoms with Crippen LogP contribution >= 0.6 is 24.0 Å². The summed E-state index contributed by atoms with van der Waals surface area (Å²) in [5.41, 5.74) is 7.49. The number of thiocarbonyl (C=S) groups is 1. The summed E-state index contributed by atoms with van der Waals surface area (Å²) in [4.78, 5) is 4.89. The van der Waals surface area contributed by atoms with Crippen molar-refractivity contribution in [3.63, 3.8) is 0 Å². The monoisotopic (exact) mass is 281 g/mol. The zero-order chi connectivity index (χ0) is 13.0. The molecule has 0 saturated carbocycles. The van der Waals surface area contributed by atoms with Gasteiger partial charge in [-0.05, 0) is 37.7 Å². The molecular weight excluding hydrogens is 262 g/mol. The minimum atomic E-state index is 0.426. The Balaban J connectivity index is 1.97. The van der Waals surface area contributed by atoms with Crippen molar-refractivity contribution in [1.29, 1.82) is 0 Å². The van der Waals surface area contributed by atoms with E-state index >= 15 is 0 Å². The fourth-order valence-corrected chi connectivity index (χ4v) is 3.44. The first-order valence-corrected chi connectivity index (χ1v) is 7.75. The number of hydrogen-bond donors (Lipinski definition) is 2. The molecular formula is C13H19N3S2. The Morgan fingerprint density at radius 1 is 1.56 bits per heavy atom. The van der Waals surface area contributed by atoms with Crippen LogP contribution in [0.15, 0.2) is 12.1 Å². The summed E-state index contributed by atoms with van der Waals surface area (Å²) >= 11 is 7.07. The summed E-state index contributed by atoms with van der Waals surface area (Å²) in [5, 5.41) is 4.11. The molecule has 0 aliphatic carbocycles. The molecule has 2 heterocycles. The Morgan fingerprint density at radius 2 is 2.39 bits per heavy atom. The number of rotatable bonds is 4. The molecule has 5 heteroatoms. The van der Waals surface area contributed by atoms with Crippen molar-refractivity contribution in [3.8, 4) is 0 Å². The largest absolute Gasteiger partial charge is 0.389 e. The number of nitrogens with zero attached hydrogens (tertiary/aromatic N) is 1. The SMILES string of the molecule is Cc1cc(C(N)=S)cc(NCC2CCCCS2)n1. The lowest BCUT2D eigenvalue weighted by molar-refractivity contribution is 0.677. The molecule has 18 heavy (non-hydrogen) atoms. The molecule has 1 saturated heterocycles. The molecule has 1 fully saturated rings. The predicted octanol–water partition coefficient (Wildman–Crippen LogP) is 2.72. The van der Waals surface area contributed by atoms with Gasteiger partial charge in [0, 0.05) is 23.1 Å². The van der Waals surface area contributed by atoms with E-state index in [0.717, 1.165) is 23.6 Å². The number of hydrogen-bond acceptors (Lipinski definition) is 4. The summed E-state index contributed by atoms with van der Waals surface area (Å²) in [7, 11) is 0. The number of pyridine rings is 1. The molecule has 1 aliphatic rings. The van der Waals surface area contributed by atoms with Crippen molar-refractivity contribution in [2.75, 3.05) is 17.6 Å². The van der Waals surface area contributed by atoms with Gasteiger partial charge in [0.05, 0.1) is 0 Å². The number of nitrogens with two attached hydrogens (primary N) is 1. The molecule has 0 amide bonds. The van der Waals surface area contributed by atoms with E-state index in [-0.39, 0.29) is 0 Å². The maximum Gasteiger partial charge on any atom is 0.126 e. The Morgan fingerprint density at radius 3 is 3.06 bits per heavy atom. The maximum atomic E-state index is 5.66. The normalized spacial score (nSPS) is 19.5. The van der Waals surface area contributed by atoms with Crippen LogP contribution in [0, 0.1) is 6.92 Å². The average molecular weight is 281 g/mol. The van der Waals surface area contributed by atoms with Crippen molar-refractivity contribution < 1.29 is 0 Å². The summed E-state index contributed by atoms with van der Waals surface area (Å²) in [5.74, 6) is 2.16. The number of thioether (sulfide) groups is 1. The molecule has 0 spiro atoms. The van der Waals surface area contributed by atoms with E-state index in [1.165, 1.54) is 25.0 Å². The first-order chi connectivity index (χ1) is 8.65. The third-order valence-electron chi connectivity index (χ3n) is 3.02. The molecule has 1 aromatic rings. The summed E-state index contributed by atoms with van der Waals surface area (Å²) in [6.45, 7) is 2.93. The van der Waals surface area contributed by atoms with Crippen LogP contribution in [-0.4, -0.2) is 27.5 Å². The van der Waals surface area contributed by atoms with Gasteiger partial charge in [0.2, 0.25) is 0 Å². The number of aryl methyl sites for hydroxylation is 1. The third kappa shape index (κ3) is 3.85. The lowest BCUT2D eigenvalue weighted by Crippen LogP contribution is -2.21. The zero-order valence-corrected chi connectivity index (χ0v) is 12.2. The second-order valence-corrected chi connectivity index (χ2v) is 6.46. The van der Waals surface area contributed by atoms with Crippen molar-refractivity contribution in [2.45, 2.75) is 31.4 Å². The van der Waals surface area contributed by atoms with Crippen LogP contribution in [0.4, 0.5) is 5.82 Å². The minimum Gasteiger partial charge on any atom is -0.389 e. The van der Waals surface area contributed by atoms with Crippen LogP contribution in [0.3, 0.4) is 0 Å². The standard InChI is InChI=1S/C13H19N3S2/c1-9-6-10(13(14)17)7-12(16-9)15-8-11-4-2-3-5-18-11/h6-7,11H,2-5,8H2,1H3,(H2,14,17)(H,15,16). The van der Waals surface area contributed by atoms with Crippen LogP contribution in [0.5, 0.6) is 0 Å². The zero-order valence-electron chi connectivity index (χ0n) is 10.6. The van der Waals surface area contributed by atoms with Gasteiger partial charge >= 0.3 is 0 Å². The third-order valence-corrected chi connectivity index (χ3v) is 4.66. The van der Waals surface area contributed by atoms with E-state index < -0.39 is 0 Å². The highest BCUT2D eigenvalue weighted by atomic mass is 32.2. The summed E-state index contributed by atoms with van der Waals surface area (Å²) in [6, 6.07) is 3.85. The van der Waals surface area contributed by atoms with Crippen molar-refractivity contribution in [1.82, 2.24) is 4.98 Å². The van der Waals surface area contributed by atoms with E-state index in [2.05, 4.69) is 22.1 Å². The molecule has 98 valence electrons. The Kier molecular flexibility index (Phi) is 4.83. The second-order valence-electron chi connectivity index (χ2n) is 4.62. The minimum absolute atomic E-state index is 0.426. The van der Waals surface area contributed by atoms with E-state index in [0.29, 0.717) is 10.2 Å². The first kappa shape index (κ1) is 13.6. The van der Waals surface area contributed by atoms with E-state index in [1.807, 2.05) is 19.1 Å². The molecule has 1 aliphatic heterocycles. The molecule has 0 radical (unpaired) electrons. The molecule has 1 atom stereocenters. The highest BCUT2D eigenvalue weighted by molar-refractivity contribution is 7.99. The van der Waals surface area contributed by atoms with Gasteiger partial charge in [-0.2, -0.15) is 11.8 Å². The van der Waals surface area contributed by atoms with Gasteiger partial charge in [-0.25, -0.2) is 4.98 Å². The quantitative estimate of drug-likeness (QED) is 0.831. The Hall–Kier alpha value is -0.810. The Labute approximate surface area is 118 Å². The van der Waals surface area contributed by atoms with E-state index in [4.69, 9.17) is 18.0 Å². The second kappa shape index (κ2) is 6.38. The predicted molar refractivity (Wildman–Crippen MR) is 83.4 cm³/mol. The molecule has 1 aromatic heterocycles. The van der Waals surface area contributed by atoms with Gasteiger partial charge in [-0.15, -0.1) is 0 Å². The van der Waals surface area contributed by atoms with Gasteiger partial charge in [0.1, 0.15) is 10.8 Å². The van der Waals surface area contributed by atoms with Gasteiger partial charge in [0.25, 0.3) is 0 Å². The lowest BCUT2D eigenvalue weighted by atomic mass is 10.2. The highest BCUT2D eigenvalue weighted by Crippen LogP contribution is 2.25. The van der Waals surface area contributed by atoms with Gasteiger partial charge in [-0.3, -0.25) is 0 Å². The molecule has 3 nitrogen and oxygen atoms in total. The summed E-state index contributed by atoms with van der Waals surface area (Å²) in [6.07, 6.45) is 4.00. The average Bonchev–Trinajstić information content (AvgIpc) is 2.37. The smallest absolute Gasteiger partial charge is 0.126 e. The number of aromatic nitrogens is 1. The van der Waals surface area contributed by atoms with E-state index in [1.54, 1.807) is 0 Å². The number of anilines is 1. The summed E-state index contributed by atoms with van der Waals surface area (Å²) < 4.78 is 0.